The molecule has 0 radical (unpaired) electrons. The fourth-order valence-electron chi connectivity index (χ4n) is 4.32. The van der Waals surface area contributed by atoms with Crippen LogP contribution in [0.1, 0.15) is 42.5 Å². The van der Waals surface area contributed by atoms with E-state index in [1.165, 1.54) is 6.42 Å². The predicted octanol–water partition coefficient (Wildman–Crippen LogP) is 2.57. The minimum absolute atomic E-state index is 0. The first-order valence-electron chi connectivity index (χ1n) is 9.00. The average Bonchev–Trinajstić information content (AvgIpc) is 2.61. The Morgan fingerprint density at radius 1 is 1.19 bits per heavy atom. The Labute approximate surface area is 160 Å². The Kier molecular flexibility index (Phi) is 6.89. The zero-order valence-corrected chi connectivity index (χ0v) is 16.1. The van der Waals surface area contributed by atoms with Crippen molar-refractivity contribution in [2.45, 2.75) is 38.1 Å². The molecule has 6 nitrogen and oxygen atoms in total. The van der Waals surface area contributed by atoms with Crippen LogP contribution in [-0.2, 0) is 4.79 Å². The van der Waals surface area contributed by atoms with Crippen LogP contribution < -0.4 is 21.1 Å². The molecule has 0 aliphatic heterocycles. The summed E-state index contributed by atoms with van der Waals surface area (Å²) in [6.45, 7) is 0. The lowest BCUT2D eigenvalue weighted by Crippen LogP contribution is -2.48. The Morgan fingerprint density at radius 3 is 2.42 bits per heavy atom. The largest absolute Gasteiger partial charge is 0.497 e. The molecule has 2 saturated carbocycles. The minimum atomic E-state index is -0.253. The lowest BCUT2D eigenvalue weighted by molar-refractivity contribution is -0.122. The van der Waals surface area contributed by atoms with Crippen molar-refractivity contribution in [2.24, 2.45) is 23.5 Å². The molecule has 0 spiro atoms. The number of ether oxygens (including phenoxy) is 1. The fraction of sp³-hybridized carbons (Fsp3) is 0.579. The second kappa shape index (κ2) is 8.73. The molecule has 2 aliphatic carbocycles. The summed E-state index contributed by atoms with van der Waals surface area (Å²) in [5, 5.41) is 5.56. The van der Waals surface area contributed by atoms with Crippen molar-refractivity contribution in [1.29, 1.82) is 0 Å². The van der Waals surface area contributed by atoms with Crippen LogP contribution in [0.2, 0.25) is 0 Å². The first-order valence-corrected chi connectivity index (χ1v) is 9.00. The number of amides is 2. The fourth-order valence-corrected chi connectivity index (χ4v) is 4.32. The molecule has 1 aromatic rings. The molecule has 0 saturated heterocycles. The summed E-state index contributed by atoms with van der Waals surface area (Å²) in [5.74, 6) is 1.16. The second-order valence-electron chi connectivity index (χ2n) is 7.18. The van der Waals surface area contributed by atoms with E-state index in [0.29, 0.717) is 28.8 Å². The van der Waals surface area contributed by atoms with Crippen molar-refractivity contribution in [3.63, 3.8) is 0 Å². The zero-order chi connectivity index (χ0) is 18.0. The summed E-state index contributed by atoms with van der Waals surface area (Å²) < 4.78 is 5.18. The molecule has 4 N–H and O–H groups in total. The van der Waals surface area contributed by atoms with E-state index in [4.69, 9.17) is 10.5 Å². The van der Waals surface area contributed by atoms with E-state index in [2.05, 4.69) is 10.6 Å². The molecule has 2 fully saturated rings. The Balaban J connectivity index is 0.00000243. The van der Waals surface area contributed by atoms with Crippen LogP contribution in [0.5, 0.6) is 5.75 Å². The zero-order valence-electron chi connectivity index (χ0n) is 15.3. The van der Waals surface area contributed by atoms with Crippen LogP contribution in [-0.4, -0.2) is 32.0 Å². The lowest BCUT2D eigenvalue weighted by Gasteiger charge is -2.43. The highest BCUT2D eigenvalue weighted by molar-refractivity contribution is 6.04. The topological polar surface area (TPSA) is 93.5 Å². The number of benzene rings is 1. The lowest BCUT2D eigenvalue weighted by atomic mass is 9.65. The second-order valence-corrected chi connectivity index (χ2v) is 7.18. The predicted molar refractivity (Wildman–Crippen MR) is 104 cm³/mol. The van der Waals surface area contributed by atoms with Gasteiger partial charge in [-0.3, -0.25) is 9.59 Å². The number of methoxy groups -OCH3 is 1. The van der Waals surface area contributed by atoms with Gasteiger partial charge in [-0.15, -0.1) is 12.4 Å². The summed E-state index contributed by atoms with van der Waals surface area (Å²) in [4.78, 5) is 24.9. The van der Waals surface area contributed by atoms with Crippen molar-refractivity contribution in [2.75, 3.05) is 19.5 Å². The molecule has 2 unspecified atom stereocenters. The average molecular weight is 382 g/mol. The molecule has 0 heterocycles. The van der Waals surface area contributed by atoms with E-state index in [9.17, 15) is 9.59 Å². The van der Waals surface area contributed by atoms with Gasteiger partial charge in [0.15, 0.2) is 0 Å². The van der Waals surface area contributed by atoms with Crippen molar-refractivity contribution < 1.29 is 14.3 Å². The SMILES string of the molecule is CNC(=O)c1cc(OC)ccc1NC(=O)C1CC2CCCC(C1)C2N.Cl. The van der Waals surface area contributed by atoms with Crippen LogP contribution in [0, 0.1) is 17.8 Å². The molecule has 7 heteroatoms. The molecule has 2 amide bonds. The third-order valence-electron chi connectivity index (χ3n) is 5.74. The quantitative estimate of drug-likeness (QED) is 0.747. The number of nitrogens with one attached hydrogen (secondary N) is 2. The number of fused-ring (bicyclic) bond motifs is 2. The number of carbonyl (C=O) groups is 2. The van der Waals surface area contributed by atoms with Gasteiger partial charge in [-0.1, -0.05) is 6.42 Å². The van der Waals surface area contributed by atoms with Gasteiger partial charge in [-0.2, -0.15) is 0 Å². The number of hydrogen-bond donors (Lipinski definition) is 3. The maximum atomic E-state index is 12.8. The number of hydrogen-bond acceptors (Lipinski definition) is 4. The normalized spacial score (nSPS) is 27.0. The summed E-state index contributed by atoms with van der Waals surface area (Å²) in [5.41, 5.74) is 7.24. The first-order chi connectivity index (χ1) is 12.0. The highest BCUT2D eigenvalue weighted by Crippen LogP contribution is 2.42. The van der Waals surface area contributed by atoms with Gasteiger partial charge >= 0.3 is 0 Å². The molecule has 2 aliphatic rings. The molecular formula is C19H28ClN3O3. The van der Waals surface area contributed by atoms with Crippen LogP contribution in [0.15, 0.2) is 18.2 Å². The summed E-state index contributed by atoms with van der Waals surface area (Å²) >= 11 is 0. The van der Waals surface area contributed by atoms with Crippen LogP contribution in [0.4, 0.5) is 5.69 Å². The summed E-state index contributed by atoms with van der Waals surface area (Å²) in [7, 11) is 3.11. The van der Waals surface area contributed by atoms with Gasteiger partial charge in [0.2, 0.25) is 5.91 Å². The third-order valence-corrected chi connectivity index (χ3v) is 5.74. The molecule has 2 atom stereocenters. The first kappa shape index (κ1) is 20.5. The molecule has 0 aromatic heterocycles. The Morgan fingerprint density at radius 2 is 1.85 bits per heavy atom. The Hall–Kier alpha value is -1.79. The number of rotatable bonds is 4. The van der Waals surface area contributed by atoms with Gasteiger partial charge in [0.1, 0.15) is 5.75 Å². The van der Waals surface area contributed by atoms with Crippen LogP contribution in [0.3, 0.4) is 0 Å². The van der Waals surface area contributed by atoms with Gasteiger partial charge in [0.25, 0.3) is 5.91 Å². The van der Waals surface area contributed by atoms with Crippen molar-refractivity contribution in [3.05, 3.63) is 23.8 Å². The van der Waals surface area contributed by atoms with Crippen molar-refractivity contribution >= 4 is 29.9 Å². The highest BCUT2D eigenvalue weighted by Gasteiger charge is 2.40. The summed E-state index contributed by atoms with van der Waals surface area (Å²) in [6.07, 6.45) is 5.14. The van der Waals surface area contributed by atoms with E-state index < -0.39 is 0 Å². The van der Waals surface area contributed by atoms with E-state index in [1.807, 2.05) is 0 Å². The third kappa shape index (κ3) is 4.13. The minimum Gasteiger partial charge on any atom is -0.497 e. The van der Waals surface area contributed by atoms with Crippen LogP contribution in [0.25, 0.3) is 0 Å². The van der Waals surface area contributed by atoms with Crippen LogP contribution >= 0.6 is 12.4 Å². The molecule has 1 aromatic carbocycles. The standard InChI is InChI=1S/C19H27N3O3.ClH/c1-21-19(24)15-10-14(25-2)6-7-16(15)22-18(23)13-8-11-4-3-5-12(9-13)17(11)20;/h6-7,10-13,17H,3-5,8-9,20H2,1-2H3,(H,21,24)(H,22,23);1H. The Bertz CT molecular complexity index is 653. The maximum Gasteiger partial charge on any atom is 0.253 e. The molecular weight excluding hydrogens is 354 g/mol. The number of halogens is 1. The van der Waals surface area contributed by atoms with Gasteiger partial charge in [-0.25, -0.2) is 0 Å². The van der Waals surface area contributed by atoms with Gasteiger partial charge in [0.05, 0.1) is 18.4 Å². The maximum absolute atomic E-state index is 12.8. The van der Waals surface area contributed by atoms with Crippen molar-refractivity contribution in [3.8, 4) is 5.75 Å². The molecule has 2 bridgehead atoms. The van der Waals surface area contributed by atoms with Gasteiger partial charge in [0, 0.05) is 19.0 Å². The summed E-state index contributed by atoms with van der Waals surface area (Å²) in [6, 6.07) is 5.34. The van der Waals surface area contributed by atoms with E-state index in [1.54, 1.807) is 32.4 Å². The van der Waals surface area contributed by atoms with Gasteiger partial charge < -0.3 is 21.1 Å². The van der Waals surface area contributed by atoms with E-state index in [0.717, 1.165) is 25.7 Å². The van der Waals surface area contributed by atoms with Crippen molar-refractivity contribution in [1.82, 2.24) is 5.32 Å². The molecule has 3 rings (SSSR count). The highest BCUT2D eigenvalue weighted by atomic mass is 35.5. The smallest absolute Gasteiger partial charge is 0.253 e. The van der Waals surface area contributed by atoms with E-state index >= 15 is 0 Å². The molecule has 144 valence electrons. The van der Waals surface area contributed by atoms with Gasteiger partial charge in [-0.05, 0) is 55.7 Å². The monoisotopic (exact) mass is 381 g/mol. The number of nitrogens with two attached hydrogens (primary N) is 1. The number of anilines is 1. The van der Waals surface area contributed by atoms with E-state index in [-0.39, 0.29) is 36.2 Å². The molecule has 26 heavy (non-hydrogen) atoms. The number of carbonyl (C=O) groups excluding carboxylic acids is 2.